The molecule has 0 N–H and O–H groups in total. The molecule has 4 heteroatoms. The predicted octanol–water partition coefficient (Wildman–Crippen LogP) is 3.38. The van der Waals surface area contributed by atoms with Gasteiger partial charge in [0, 0.05) is 24.2 Å². The molecule has 0 aliphatic carbocycles. The Kier molecular flexibility index (Phi) is 4.10. The van der Waals surface area contributed by atoms with Gasteiger partial charge in [-0.25, -0.2) is 4.39 Å². The molecule has 0 unspecified atom stereocenters. The summed E-state index contributed by atoms with van der Waals surface area (Å²) < 4.78 is 13.5. The Morgan fingerprint density at radius 2 is 2.17 bits per heavy atom. The van der Waals surface area contributed by atoms with Crippen LogP contribution in [-0.4, -0.2) is 19.9 Å². The summed E-state index contributed by atoms with van der Waals surface area (Å²) in [6.45, 7) is 0.755. The summed E-state index contributed by atoms with van der Waals surface area (Å²) in [6.07, 6.45) is 1.47. The van der Waals surface area contributed by atoms with E-state index in [0.29, 0.717) is 12.0 Å². The Morgan fingerprint density at radius 1 is 1.33 bits per heavy atom. The van der Waals surface area contributed by atoms with Gasteiger partial charge in [-0.3, -0.25) is 4.79 Å². The molecule has 2 aromatic rings. The van der Waals surface area contributed by atoms with Gasteiger partial charge in [-0.2, -0.15) is 0 Å². The third-order valence-corrected chi connectivity index (χ3v) is 3.77. The van der Waals surface area contributed by atoms with E-state index in [-0.39, 0.29) is 5.56 Å². The van der Waals surface area contributed by atoms with Gasteiger partial charge in [0.2, 0.25) is 0 Å². The van der Waals surface area contributed by atoms with E-state index in [1.54, 1.807) is 23.5 Å². The lowest BCUT2D eigenvalue weighted by molar-refractivity contribution is 0.112. The summed E-state index contributed by atoms with van der Waals surface area (Å²) in [5, 5.41) is 2.04. The molecule has 0 bridgehead atoms. The summed E-state index contributed by atoms with van der Waals surface area (Å²) in [5.41, 5.74) is 0.771. The van der Waals surface area contributed by atoms with E-state index in [9.17, 15) is 9.18 Å². The van der Waals surface area contributed by atoms with Crippen LogP contribution in [0.2, 0.25) is 0 Å². The van der Waals surface area contributed by atoms with Gasteiger partial charge >= 0.3 is 0 Å². The Morgan fingerprint density at radius 3 is 2.83 bits per heavy atom. The van der Waals surface area contributed by atoms with Crippen molar-refractivity contribution in [1.29, 1.82) is 0 Å². The van der Waals surface area contributed by atoms with Crippen LogP contribution in [0, 0.1) is 5.82 Å². The second-order valence-electron chi connectivity index (χ2n) is 4.04. The minimum atomic E-state index is -0.467. The molecule has 2 rings (SSSR count). The van der Waals surface area contributed by atoms with E-state index >= 15 is 0 Å². The highest BCUT2D eigenvalue weighted by Gasteiger charge is 2.11. The van der Waals surface area contributed by atoms with E-state index in [1.807, 2.05) is 23.4 Å². The lowest BCUT2D eigenvalue weighted by Crippen LogP contribution is -2.21. The summed E-state index contributed by atoms with van der Waals surface area (Å²) >= 11 is 1.70. The first-order valence-electron chi connectivity index (χ1n) is 5.69. The molecule has 0 spiro atoms. The van der Waals surface area contributed by atoms with Crippen LogP contribution in [0.5, 0.6) is 0 Å². The first-order valence-corrected chi connectivity index (χ1v) is 6.57. The van der Waals surface area contributed by atoms with Crippen molar-refractivity contribution in [3.05, 3.63) is 52.0 Å². The van der Waals surface area contributed by atoms with Gasteiger partial charge in [-0.1, -0.05) is 12.1 Å². The minimum absolute atomic E-state index is 0.131. The van der Waals surface area contributed by atoms with Crippen molar-refractivity contribution < 1.29 is 9.18 Å². The number of benzene rings is 1. The van der Waals surface area contributed by atoms with Crippen molar-refractivity contribution in [1.82, 2.24) is 0 Å². The first-order chi connectivity index (χ1) is 8.72. The minimum Gasteiger partial charge on any atom is -0.374 e. The molecule has 0 fully saturated rings. The molecule has 2 nitrogen and oxygen atoms in total. The molecule has 0 amide bonds. The number of aldehydes is 1. The number of hydrogen-bond acceptors (Lipinski definition) is 3. The quantitative estimate of drug-likeness (QED) is 0.771. The van der Waals surface area contributed by atoms with E-state index < -0.39 is 5.82 Å². The van der Waals surface area contributed by atoms with Gasteiger partial charge in [-0.05, 0) is 30.0 Å². The molecule has 0 radical (unpaired) electrons. The number of thiophene rings is 1. The third-order valence-electron chi connectivity index (χ3n) is 2.83. The van der Waals surface area contributed by atoms with Crippen LogP contribution in [-0.2, 0) is 6.42 Å². The van der Waals surface area contributed by atoms with Gasteiger partial charge in [0.25, 0.3) is 0 Å². The van der Waals surface area contributed by atoms with Crippen molar-refractivity contribution >= 4 is 23.3 Å². The monoisotopic (exact) mass is 263 g/mol. The van der Waals surface area contributed by atoms with E-state index in [2.05, 4.69) is 6.07 Å². The lowest BCUT2D eigenvalue weighted by atomic mass is 10.1. The van der Waals surface area contributed by atoms with Gasteiger partial charge < -0.3 is 4.90 Å². The highest BCUT2D eigenvalue weighted by molar-refractivity contribution is 7.09. The van der Waals surface area contributed by atoms with Gasteiger partial charge in [0.15, 0.2) is 6.29 Å². The summed E-state index contributed by atoms with van der Waals surface area (Å²) in [6, 6.07) is 8.78. The van der Waals surface area contributed by atoms with E-state index in [0.717, 1.165) is 13.0 Å². The number of rotatable bonds is 5. The van der Waals surface area contributed by atoms with Crippen molar-refractivity contribution in [2.75, 3.05) is 18.5 Å². The number of nitrogens with zero attached hydrogens (tertiary/aromatic N) is 1. The molecule has 1 aromatic carbocycles. The van der Waals surface area contributed by atoms with Crippen LogP contribution in [0.1, 0.15) is 15.2 Å². The van der Waals surface area contributed by atoms with Crippen molar-refractivity contribution in [3.8, 4) is 0 Å². The van der Waals surface area contributed by atoms with Crippen LogP contribution in [0.3, 0.4) is 0 Å². The number of hydrogen-bond donors (Lipinski definition) is 0. The molecular weight excluding hydrogens is 249 g/mol. The summed E-state index contributed by atoms with van der Waals surface area (Å²) in [4.78, 5) is 14.1. The zero-order valence-corrected chi connectivity index (χ0v) is 10.9. The van der Waals surface area contributed by atoms with Crippen LogP contribution >= 0.6 is 11.3 Å². The van der Waals surface area contributed by atoms with Gasteiger partial charge in [0.05, 0.1) is 5.56 Å². The molecule has 1 heterocycles. The molecular formula is C14H14FNOS. The standard InChI is InChI=1S/C14H14FNOS/c1-16(8-7-11-4-3-9-18-11)14-6-2-5-13(15)12(14)10-17/h2-6,9-10H,7-8H2,1H3. The Bertz CT molecular complexity index is 525. The summed E-state index contributed by atoms with van der Waals surface area (Å²) in [5.74, 6) is -0.467. The summed E-state index contributed by atoms with van der Waals surface area (Å²) in [7, 11) is 1.87. The molecule has 1 aromatic heterocycles. The first kappa shape index (κ1) is 12.8. The maximum Gasteiger partial charge on any atom is 0.155 e. The van der Waals surface area contributed by atoms with Crippen LogP contribution in [0.15, 0.2) is 35.7 Å². The smallest absolute Gasteiger partial charge is 0.155 e. The Labute approximate surface area is 110 Å². The molecule has 0 saturated carbocycles. The molecule has 18 heavy (non-hydrogen) atoms. The number of carbonyl (C=O) groups excluding carboxylic acids is 1. The average molecular weight is 263 g/mol. The fourth-order valence-electron chi connectivity index (χ4n) is 1.83. The molecule has 94 valence electrons. The fourth-order valence-corrected chi connectivity index (χ4v) is 2.53. The number of anilines is 1. The predicted molar refractivity (Wildman–Crippen MR) is 73.1 cm³/mol. The molecule has 0 atom stereocenters. The van der Waals surface area contributed by atoms with Crippen LogP contribution in [0.4, 0.5) is 10.1 Å². The molecule has 0 aliphatic heterocycles. The number of likely N-dealkylation sites (N-methyl/N-ethyl adjacent to an activating group) is 1. The zero-order valence-electron chi connectivity index (χ0n) is 10.1. The second-order valence-corrected chi connectivity index (χ2v) is 5.07. The lowest BCUT2D eigenvalue weighted by Gasteiger charge is -2.20. The van der Waals surface area contributed by atoms with Gasteiger partial charge in [-0.15, -0.1) is 11.3 Å². The Balaban J connectivity index is 2.11. The fraction of sp³-hybridized carbons (Fsp3) is 0.214. The number of carbonyl (C=O) groups is 1. The zero-order chi connectivity index (χ0) is 13.0. The normalized spacial score (nSPS) is 10.3. The molecule has 0 aliphatic rings. The second kappa shape index (κ2) is 5.78. The molecule has 0 saturated heterocycles. The Hall–Kier alpha value is -1.68. The van der Waals surface area contributed by atoms with Crippen molar-refractivity contribution in [2.45, 2.75) is 6.42 Å². The number of halogens is 1. The van der Waals surface area contributed by atoms with Gasteiger partial charge in [0.1, 0.15) is 5.82 Å². The van der Waals surface area contributed by atoms with E-state index in [4.69, 9.17) is 0 Å². The maximum absolute atomic E-state index is 13.5. The third kappa shape index (κ3) is 2.76. The maximum atomic E-state index is 13.5. The largest absolute Gasteiger partial charge is 0.374 e. The average Bonchev–Trinajstić information content (AvgIpc) is 2.88. The van der Waals surface area contributed by atoms with Crippen LogP contribution < -0.4 is 4.90 Å². The van der Waals surface area contributed by atoms with E-state index in [1.165, 1.54) is 10.9 Å². The SMILES string of the molecule is CN(CCc1cccs1)c1cccc(F)c1C=O. The highest BCUT2D eigenvalue weighted by Crippen LogP contribution is 2.21. The van der Waals surface area contributed by atoms with Crippen molar-refractivity contribution in [2.24, 2.45) is 0 Å². The highest BCUT2D eigenvalue weighted by atomic mass is 32.1. The van der Waals surface area contributed by atoms with Crippen molar-refractivity contribution in [3.63, 3.8) is 0 Å². The topological polar surface area (TPSA) is 20.3 Å². The van der Waals surface area contributed by atoms with Crippen LogP contribution in [0.25, 0.3) is 0 Å².